The Bertz CT molecular complexity index is 606. The van der Waals surface area contributed by atoms with E-state index in [0.29, 0.717) is 24.3 Å². The van der Waals surface area contributed by atoms with Gasteiger partial charge in [-0.2, -0.15) is 5.10 Å². The fourth-order valence-corrected chi connectivity index (χ4v) is 4.01. The number of nitrogens with one attached hydrogen (secondary N) is 1. The van der Waals surface area contributed by atoms with Crippen LogP contribution in [0.15, 0.2) is 12.3 Å². The van der Waals surface area contributed by atoms with Crippen LogP contribution in [-0.4, -0.2) is 34.3 Å². The van der Waals surface area contributed by atoms with E-state index in [1.54, 1.807) is 23.9 Å². The molecule has 2 saturated carbocycles. The maximum atomic E-state index is 12.6. The molecule has 6 heteroatoms. The zero-order valence-corrected chi connectivity index (χ0v) is 14.6. The molecule has 0 bridgehead atoms. The molecule has 0 saturated heterocycles. The maximum Gasteiger partial charge on any atom is 0.328 e. The summed E-state index contributed by atoms with van der Waals surface area (Å²) in [6, 6.07) is 1.13. The number of hydrogen-bond donors (Lipinski definition) is 1. The van der Waals surface area contributed by atoms with E-state index in [9.17, 15) is 9.59 Å². The van der Waals surface area contributed by atoms with Crippen LogP contribution in [-0.2, 0) is 16.1 Å². The van der Waals surface area contributed by atoms with E-state index in [-0.39, 0.29) is 17.8 Å². The molecule has 2 fully saturated rings. The number of carbonyl (C=O) groups excluding carboxylic acids is 2. The average molecular weight is 333 g/mol. The third-order valence-corrected chi connectivity index (χ3v) is 5.48. The van der Waals surface area contributed by atoms with Crippen molar-refractivity contribution in [1.82, 2.24) is 15.1 Å². The lowest BCUT2D eigenvalue weighted by Gasteiger charge is -2.34. The van der Waals surface area contributed by atoms with Crippen LogP contribution < -0.4 is 5.32 Å². The van der Waals surface area contributed by atoms with E-state index in [2.05, 4.69) is 10.4 Å². The zero-order chi connectivity index (χ0) is 17.2. The Morgan fingerprint density at radius 2 is 2.21 bits per heavy atom. The van der Waals surface area contributed by atoms with Crippen LogP contribution in [0.25, 0.3) is 0 Å². The van der Waals surface area contributed by atoms with Crippen molar-refractivity contribution in [2.75, 3.05) is 6.61 Å². The molecule has 1 spiro atoms. The Morgan fingerprint density at radius 3 is 2.88 bits per heavy atom. The standard InChI is InChI=1S/C18H27N3O3/c1-3-21-14(7-11-19-21)16(22)20-15(17(23)24-4-2)13-6-5-8-18(12-13)9-10-18/h7,11,13,15H,3-6,8-10,12H2,1-2H3,(H,20,22)/t13-,15-/m0/s1. The van der Waals surface area contributed by atoms with Crippen LogP contribution in [0.2, 0.25) is 0 Å². The molecule has 1 heterocycles. The van der Waals surface area contributed by atoms with Gasteiger partial charge in [0, 0.05) is 12.7 Å². The molecule has 1 N–H and O–H groups in total. The first-order valence-electron chi connectivity index (χ1n) is 9.08. The summed E-state index contributed by atoms with van der Waals surface area (Å²) in [6.45, 7) is 4.68. The SMILES string of the molecule is CCOC(=O)[C@@H](NC(=O)c1ccnn1CC)[C@H]1CCCC2(CC2)C1. The van der Waals surface area contributed by atoms with E-state index in [0.717, 1.165) is 19.3 Å². The highest BCUT2D eigenvalue weighted by atomic mass is 16.5. The van der Waals surface area contributed by atoms with Gasteiger partial charge in [-0.1, -0.05) is 6.42 Å². The molecule has 2 aliphatic rings. The van der Waals surface area contributed by atoms with Gasteiger partial charge in [0.25, 0.3) is 5.91 Å². The first-order valence-corrected chi connectivity index (χ1v) is 9.08. The van der Waals surface area contributed by atoms with Gasteiger partial charge in [-0.15, -0.1) is 0 Å². The first-order chi connectivity index (χ1) is 11.6. The van der Waals surface area contributed by atoms with Crippen LogP contribution in [0.1, 0.15) is 62.9 Å². The van der Waals surface area contributed by atoms with Crippen molar-refractivity contribution in [1.29, 1.82) is 0 Å². The number of esters is 1. The molecule has 1 aromatic rings. The fraction of sp³-hybridized carbons (Fsp3) is 0.722. The maximum absolute atomic E-state index is 12.6. The largest absolute Gasteiger partial charge is 0.464 e. The van der Waals surface area contributed by atoms with Gasteiger partial charge < -0.3 is 10.1 Å². The summed E-state index contributed by atoms with van der Waals surface area (Å²) >= 11 is 0. The quantitative estimate of drug-likeness (QED) is 0.812. The van der Waals surface area contributed by atoms with Crippen LogP contribution in [0.4, 0.5) is 0 Å². The average Bonchev–Trinajstić information content (AvgIpc) is 3.14. The minimum Gasteiger partial charge on any atom is -0.464 e. The Hall–Kier alpha value is -1.85. The predicted octanol–water partition coefficient (Wildman–Crippen LogP) is 2.53. The van der Waals surface area contributed by atoms with E-state index in [1.807, 2.05) is 6.92 Å². The summed E-state index contributed by atoms with van der Waals surface area (Å²) < 4.78 is 6.88. The second-order valence-electron chi connectivity index (χ2n) is 7.09. The minimum atomic E-state index is -0.560. The van der Waals surface area contributed by atoms with Gasteiger partial charge in [0.05, 0.1) is 6.61 Å². The van der Waals surface area contributed by atoms with Crippen molar-refractivity contribution in [3.05, 3.63) is 18.0 Å². The van der Waals surface area contributed by atoms with Gasteiger partial charge >= 0.3 is 5.97 Å². The summed E-state index contributed by atoms with van der Waals surface area (Å²) in [5, 5.41) is 7.07. The highest BCUT2D eigenvalue weighted by molar-refractivity contribution is 5.95. The van der Waals surface area contributed by atoms with Gasteiger partial charge in [0.15, 0.2) is 0 Å². The molecule has 6 nitrogen and oxygen atoms in total. The number of hydrogen-bond acceptors (Lipinski definition) is 4. The fourth-order valence-electron chi connectivity index (χ4n) is 4.01. The molecule has 1 aromatic heterocycles. The number of carbonyl (C=O) groups is 2. The van der Waals surface area contributed by atoms with E-state index >= 15 is 0 Å². The lowest BCUT2D eigenvalue weighted by Crippen LogP contribution is -2.48. The van der Waals surface area contributed by atoms with Gasteiger partial charge in [-0.25, -0.2) is 4.79 Å². The zero-order valence-electron chi connectivity index (χ0n) is 14.6. The molecule has 1 amide bonds. The van der Waals surface area contributed by atoms with Crippen LogP contribution in [0.3, 0.4) is 0 Å². The highest BCUT2D eigenvalue weighted by Gasteiger charge is 2.48. The van der Waals surface area contributed by atoms with Crippen molar-refractivity contribution in [3.8, 4) is 0 Å². The Labute approximate surface area is 142 Å². The molecular formula is C18H27N3O3. The molecule has 24 heavy (non-hydrogen) atoms. The lowest BCUT2D eigenvalue weighted by molar-refractivity contribution is -0.147. The van der Waals surface area contributed by atoms with Crippen molar-refractivity contribution in [2.24, 2.45) is 11.3 Å². The van der Waals surface area contributed by atoms with Gasteiger partial charge in [-0.3, -0.25) is 9.48 Å². The van der Waals surface area contributed by atoms with Crippen molar-refractivity contribution in [3.63, 3.8) is 0 Å². The molecule has 0 aliphatic heterocycles. The van der Waals surface area contributed by atoms with E-state index in [4.69, 9.17) is 4.74 Å². The molecule has 2 atom stereocenters. The third kappa shape index (κ3) is 3.47. The van der Waals surface area contributed by atoms with Crippen molar-refractivity contribution < 1.29 is 14.3 Å². The predicted molar refractivity (Wildman–Crippen MR) is 89.4 cm³/mol. The van der Waals surface area contributed by atoms with E-state index < -0.39 is 6.04 Å². The normalized spacial score (nSPS) is 22.8. The number of amides is 1. The van der Waals surface area contributed by atoms with Crippen LogP contribution in [0, 0.1) is 11.3 Å². The Morgan fingerprint density at radius 1 is 1.42 bits per heavy atom. The number of nitrogens with zero attached hydrogens (tertiary/aromatic N) is 2. The molecule has 0 aromatic carbocycles. The minimum absolute atomic E-state index is 0.169. The van der Waals surface area contributed by atoms with Gasteiger partial charge in [0.1, 0.15) is 11.7 Å². The van der Waals surface area contributed by atoms with Crippen molar-refractivity contribution in [2.45, 2.75) is 65.0 Å². The Balaban J connectivity index is 1.74. The highest BCUT2D eigenvalue weighted by Crippen LogP contribution is 2.58. The smallest absolute Gasteiger partial charge is 0.328 e. The summed E-state index contributed by atoms with van der Waals surface area (Å²) in [7, 11) is 0. The molecule has 3 rings (SSSR count). The number of rotatable bonds is 6. The first kappa shape index (κ1) is 17.0. The van der Waals surface area contributed by atoms with E-state index in [1.165, 1.54) is 19.3 Å². The number of aromatic nitrogens is 2. The monoisotopic (exact) mass is 333 g/mol. The molecule has 0 radical (unpaired) electrons. The molecule has 132 valence electrons. The Kier molecular flexibility index (Phi) is 4.92. The summed E-state index contributed by atoms with van der Waals surface area (Å²) in [6.07, 6.45) is 8.50. The second-order valence-corrected chi connectivity index (χ2v) is 7.09. The van der Waals surface area contributed by atoms with Crippen LogP contribution in [0.5, 0.6) is 0 Å². The summed E-state index contributed by atoms with van der Waals surface area (Å²) in [5.41, 5.74) is 0.924. The molecule has 2 aliphatic carbocycles. The topological polar surface area (TPSA) is 73.2 Å². The summed E-state index contributed by atoms with van der Waals surface area (Å²) in [4.78, 5) is 25.1. The van der Waals surface area contributed by atoms with Gasteiger partial charge in [-0.05, 0) is 63.4 Å². The molecule has 0 unspecified atom stereocenters. The van der Waals surface area contributed by atoms with Crippen molar-refractivity contribution >= 4 is 11.9 Å². The van der Waals surface area contributed by atoms with Gasteiger partial charge in [0.2, 0.25) is 0 Å². The number of ether oxygens (including phenoxy) is 1. The number of aryl methyl sites for hydroxylation is 1. The molecular weight excluding hydrogens is 306 g/mol. The van der Waals surface area contributed by atoms with Crippen LogP contribution >= 0.6 is 0 Å². The second kappa shape index (κ2) is 6.95. The summed E-state index contributed by atoms with van der Waals surface area (Å²) in [5.74, 6) is -0.388. The third-order valence-electron chi connectivity index (χ3n) is 5.48. The lowest BCUT2D eigenvalue weighted by atomic mass is 9.75.